The molecule has 19 heavy (non-hydrogen) atoms. The molecule has 0 saturated carbocycles. The van der Waals surface area contributed by atoms with Crippen molar-refractivity contribution in [3.05, 3.63) is 48.3 Å². The van der Waals surface area contributed by atoms with Crippen molar-refractivity contribution in [1.82, 2.24) is 19.9 Å². The lowest BCUT2D eigenvalue weighted by molar-refractivity contribution is 0.404. The first-order valence-corrected chi connectivity index (χ1v) is 6.27. The normalized spacial score (nSPS) is 11.3. The first-order chi connectivity index (χ1) is 9.25. The highest BCUT2D eigenvalue weighted by atomic mass is 15.1. The Morgan fingerprint density at radius 3 is 2.63 bits per heavy atom. The minimum atomic E-state index is 0.859. The SMILES string of the molecule is CN(C)Cc1c(-c2ccccn2)[nH]c2ncccc12. The van der Waals surface area contributed by atoms with E-state index in [9.17, 15) is 0 Å². The van der Waals surface area contributed by atoms with Gasteiger partial charge in [-0.2, -0.15) is 0 Å². The highest BCUT2D eigenvalue weighted by Gasteiger charge is 2.14. The van der Waals surface area contributed by atoms with E-state index in [-0.39, 0.29) is 0 Å². The van der Waals surface area contributed by atoms with Crippen molar-refractivity contribution in [3.63, 3.8) is 0 Å². The van der Waals surface area contributed by atoms with Crippen LogP contribution in [0.2, 0.25) is 0 Å². The maximum Gasteiger partial charge on any atom is 0.138 e. The molecule has 3 rings (SSSR count). The third-order valence-electron chi connectivity index (χ3n) is 3.07. The minimum Gasteiger partial charge on any atom is -0.338 e. The summed E-state index contributed by atoms with van der Waals surface area (Å²) in [6.07, 6.45) is 3.62. The van der Waals surface area contributed by atoms with E-state index in [1.54, 1.807) is 6.20 Å². The summed E-state index contributed by atoms with van der Waals surface area (Å²) in [5.74, 6) is 0. The smallest absolute Gasteiger partial charge is 0.138 e. The maximum atomic E-state index is 4.43. The van der Waals surface area contributed by atoms with E-state index < -0.39 is 0 Å². The molecular formula is C15H16N4. The molecule has 0 bridgehead atoms. The average Bonchev–Trinajstić information content (AvgIpc) is 2.78. The molecule has 0 aliphatic carbocycles. The number of hydrogen-bond acceptors (Lipinski definition) is 3. The molecule has 3 heterocycles. The Balaban J connectivity index is 2.23. The number of H-pyrrole nitrogens is 1. The second-order valence-corrected chi connectivity index (χ2v) is 4.83. The second kappa shape index (κ2) is 4.82. The minimum absolute atomic E-state index is 0.859. The zero-order valence-electron chi connectivity index (χ0n) is 11.1. The predicted molar refractivity (Wildman–Crippen MR) is 76.7 cm³/mol. The second-order valence-electron chi connectivity index (χ2n) is 4.83. The van der Waals surface area contributed by atoms with Crippen LogP contribution in [0.1, 0.15) is 5.56 Å². The van der Waals surface area contributed by atoms with E-state index in [2.05, 4.69) is 40.0 Å². The van der Waals surface area contributed by atoms with Crippen LogP contribution < -0.4 is 0 Å². The summed E-state index contributed by atoms with van der Waals surface area (Å²) >= 11 is 0. The molecule has 3 aromatic rings. The van der Waals surface area contributed by atoms with Gasteiger partial charge in [-0.25, -0.2) is 4.98 Å². The van der Waals surface area contributed by atoms with Gasteiger partial charge in [0.25, 0.3) is 0 Å². The molecule has 0 aromatic carbocycles. The van der Waals surface area contributed by atoms with Gasteiger partial charge in [-0.1, -0.05) is 6.07 Å². The molecule has 96 valence electrons. The van der Waals surface area contributed by atoms with Crippen molar-refractivity contribution in [1.29, 1.82) is 0 Å². The van der Waals surface area contributed by atoms with Crippen LogP contribution in [0.5, 0.6) is 0 Å². The molecule has 0 aliphatic rings. The van der Waals surface area contributed by atoms with Crippen molar-refractivity contribution in [2.24, 2.45) is 0 Å². The van der Waals surface area contributed by atoms with Crippen molar-refractivity contribution in [2.75, 3.05) is 14.1 Å². The summed E-state index contributed by atoms with van der Waals surface area (Å²) in [4.78, 5) is 14.4. The highest BCUT2D eigenvalue weighted by molar-refractivity contribution is 5.87. The molecule has 4 heteroatoms. The van der Waals surface area contributed by atoms with Gasteiger partial charge in [0.05, 0.1) is 11.4 Å². The van der Waals surface area contributed by atoms with E-state index in [0.717, 1.165) is 29.0 Å². The van der Waals surface area contributed by atoms with Gasteiger partial charge in [0.15, 0.2) is 0 Å². The lowest BCUT2D eigenvalue weighted by Gasteiger charge is -2.10. The van der Waals surface area contributed by atoms with Crippen molar-refractivity contribution >= 4 is 11.0 Å². The first kappa shape index (κ1) is 11.9. The number of nitrogens with one attached hydrogen (secondary N) is 1. The lowest BCUT2D eigenvalue weighted by atomic mass is 10.1. The number of pyridine rings is 2. The van der Waals surface area contributed by atoms with Crippen LogP contribution in [-0.4, -0.2) is 33.9 Å². The van der Waals surface area contributed by atoms with E-state index in [1.807, 2.05) is 30.5 Å². The van der Waals surface area contributed by atoms with Gasteiger partial charge < -0.3 is 9.88 Å². The van der Waals surface area contributed by atoms with Crippen LogP contribution in [0.4, 0.5) is 0 Å². The van der Waals surface area contributed by atoms with Crippen LogP contribution >= 0.6 is 0 Å². The summed E-state index contributed by atoms with van der Waals surface area (Å²) in [5, 5.41) is 1.16. The van der Waals surface area contributed by atoms with Gasteiger partial charge >= 0.3 is 0 Å². The van der Waals surface area contributed by atoms with Crippen molar-refractivity contribution < 1.29 is 0 Å². The van der Waals surface area contributed by atoms with Gasteiger partial charge in [-0.15, -0.1) is 0 Å². The molecule has 0 fully saturated rings. The third-order valence-corrected chi connectivity index (χ3v) is 3.07. The number of rotatable bonds is 3. The number of hydrogen-bond donors (Lipinski definition) is 1. The van der Waals surface area contributed by atoms with Gasteiger partial charge in [0.2, 0.25) is 0 Å². The van der Waals surface area contributed by atoms with Crippen LogP contribution in [0.25, 0.3) is 22.4 Å². The van der Waals surface area contributed by atoms with E-state index >= 15 is 0 Å². The molecule has 0 aliphatic heterocycles. The van der Waals surface area contributed by atoms with Crippen molar-refractivity contribution in [2.45, 2.75) is 6.54 Å². The Morgan fingerprint density at radius 2 is 1.89 bits per heavy atom. The summed E-state index contributed by atoms with van der Waals surface area (Å²) in [6, 6.07) is 10.0. The van der Waals surface area contributed by atoms with Crippen LogP contribution in [0, 0.1) is 0 Å². The molecule has 0 atom stereocenters. The van der Waals surface area contributed by atoms with Gasteiger partial charge in [-0.3, -0.25) is 4.98 Å². The van der Waals surface area contributed by atoms with Gasteiger partial charge in [0, 0.05) is 29.9 Å². The fourth-order valence-electron chi connectivity index (χ4n) is 2.29. The molecule has 3 aromatic heterocycles. The van der Waals surface area contributed by atoms with Crippen molar-refractivity contribution in [3.8, 4) is 11.4 Å². The zero-order chi connectivity index (χ0) is 13.2. The molecular weight excluding hydrogens is 236 g/mol. The first-order valence-electron chi connectivity index (χ1n) is 6.27. The summed E-state index contributed by atoms with van der Waals surface area (Å²) in [6.45, 7) is 0.859. The van der Waals surface area contributed by atoms with Gasteiger partial charge in [0.1, 0.15) is 5.65 Å². The summed E-state index contributed by atoms with van der Waals surface area (Å²) < 4.78 is 0. The quantitative estimate of drug-likeness (QED) is 0.779. The molecule has 1 N–H and O–H groups in total. The Kier molecular flexibility index (Phi) is 3.01. The summed E-state index contributed by atoms with van der Waals surface area (Å²) in [5.41, 5.74) is 4.17. The van der Waals surface area contributed by atoms with Crippen LogP contribution in [0.15, 0.2) is 42.7 Å². The topological polar surface area (TPSA) is 44.8 Å². The molecule has 0 unspecified atom stereocenters. The third kappa shape index (κ3) is 2.22. The average molecular weight is 252 g/mol. The molecule has 0 amide bonds. The Morgan fingerprint density at radius 1 is 1.05 bits per heavy atom. The number of fused-ring (bicyclic) bond motifs is 1. The number of aromatic amines is 1. The molecule has 0 saturated heterocycles. The number of nitrogens with zero attached hydrogens (tertiary/aromatic N) is 3. The molecule has 4 nitrogen and oxygen atoms in total. The lowest BCUT2D eigenvalue weighted by Crippen LogP contribution is -2.11. The fourth-order valence-corrected chi connectivity index (χ4v) is 2.29. The van der Waals surface area contributed by atoms with Crippen LogP contribution in [-0.2, 0) is 6.54 Å². The van der Waals surface area contributed by atoms with E-state index in [0.29, 0.717) is 0 Å². The van der Waals surface area contributed by atoms with E-state index in [1.165, 1.54) is 5.56 Å². The largest absolute Gasteiger partial charge is 0.338 e. The highest BCUT2D eigenvalue weighted by Crippen LogP contribution is 2.28. The fraction of sp³-hybridized carbons (Fsp3) is 0.200. The number of aromatic nitrogens is 3. The Labute approximate surface area is 112 Å². The Hall–Kier alpha value is -2.20. The van der Waals surface area contributed by atoms with Crippen LogP contribution in [0.3, 0.4) is 0 Å². The summed E-state index contributed by atoms with van der Waals surface area (Å²) in [7, 11) is 4.13. The van der Waals surface area contributed by atoms with Gasteiger partial charge in [-0.05, 0) is 38.4 Å². The molecule has 0 spiro atoms. The predicted octanol–water partition coefficient (Wildman–Crippen LogP) is 2.69. The molecule has 0 radical (unpaired) electrons. The van der Waals surface area contributed by atoms with E-state index in [4.69, 9.17) is 0 Å². The Bertz CT molecular complexity index is 686. The maximum absolute atomic E-state index is 4.43. The monoisotopic (exact) mass is 252 g/mol. The zero-order valence-corrected chi connectivity index (χ0v) is 11.1. The standard InChI is InChI=1S/C15H16N4/c1-19(2)10-12-11-6-5-9-17-15(11)18-14(12)13-7-3-4-8-16-13/h3-9H,10H2,1-2H3,(H,17,18).